The minimum atomic E-state index is -0.580. The molecule has 0 spiro atoms. The zero-order valence-electron chi connectivity index (χ0n) is 9.28. The Morgan fingerprint density at radius 2 is 2.16 bits per heavy atom. The number of non-ortho nitro benzene ring substituents is 1. The van der Waals surface area contributed by atoms with Gasteiger partial charge in [0.15, 0.2) is 0 Å². The molecule has 0 bridgehead atoms. The van der Waals surface area contributed by atoms with Crippen molar-refractivity contribution in [2.75, 3.05) is 5.32 Å². The van der Waals surface area contributed by atoms with Crippen LogP contribution in [0.1, 0.15) is 10.4 Å². The molecule has 1 aromatic heterocycles. The molecule has 1 amide bonds. The van der Waals surface area contributed by atoms with Crippen LogP contribution in [0, 0.1) is 10.1 Å². The first-order valence-corrected chi connectivity index (χ1v) is 5.76. The molecule has 1 aromatic carbocycles. The monoisotopic (exact) mass is 323 g/mol. The summed E-state index contributed by atoms with van der Waals surface area (Å²) in [5.41, 5.74) is -0.0675. The van der Waals surface area contributed by atoms with Crippen molar-refractivity contribution < 1.29 is 9.72 Å². The molecule has 19 heavy (non-hydrogen) atoms. The van der Waals surface area contributed by atoms with Crippen LogP contribution in [-0.4, -0.2) is 26.0 Å². The fourth-order valence-electron chi connectivity index (χ4n) is 1.27. The predicted octanol–water partition coefficient (Wildman–Crippen LogP) is 1.79. The van der Waals surface area contributed by atoms with Crippen LogP contribution < -0.4 is 5.32 Å². The van der Waals surface area contributed by atoms with Crippen molar-refractivity contribution in [2.45, 2.75) is 0 Å². The lowest BCUT2D eigenvalue weighted by atomic mass is 10.2. The van der Waals surface area contributed by atoms with Gasteiger partial charge in [-0.3, -0.25) is 20.2 Å². The van der Waals surface area contributed by atoms with Crippen LogP contribution in [0.2, 0.25) is 0 Å². The Hall–Kier alpha value is -2.42. The van der Waals surface area contributed by atoms with Crippen molar-refractivity contribution in [1.29, 1.82) is 0 Å². The average molecular weight is 324 g/mol. The summed E-state index contributed by atoms with van der Waals surface area (Å²) in [6, 6.07) is 3.88. The number of nitrogens with zero attached hydrogens (tertiary/aromatic N) is 4. The van der Waals surface area contributed by atoms with Crippen molar-refractivity contribution in [3.63, 3.8) is 0 Å². The quantitative estimate of drug-likeness (QED) is 0.681. The van der Waals surface area contributed by atoms with Crippen molar-refractivity contribution in [2.24, 2.45) is 0 Å². The molecule has 9 heteroatoms. The molecule has 0 saturated carbocycles. The number of nitro benzene ring substituents is 1. The molecule has 8 nitrogen and oxygen atoms in total. The van der Waals surface area contributed by atoms with Gasteiger partial charge in [-0.15, -0.1) is 5.10 Å². The fourth-order valence-corrected chi connectivity index (χ4v) is 1.70. The van der Waals surface area contributed by atoms with Crippen LogP contribution in [-0.2, 0) is 0 Å². The summed E-state index contributed by atoms with van der Waals surface area (Å²) in [5, 5.41) is 20.2. The normalized spacial score (nSPS) is 9.95. The zero-order valence-corrected chi connectivity index (χ0v) is 10.9. The Labute approximate surface area is 115 Å². The molecule has 0 aliphatic heterocycles. The summed E-state index contributed by atoms with van der Waals surface area (Å²) in [5.74, 6) is -0.547. The fraction of sp³-hybridized carbons (Fsp3) is 0. The van der Waals surface area contributed by atoms with Crippen LogP contribution in [0.4, 0.5) is 11.6 Å². The number of amides is 1. The van der Waals surface area contributed by atoms with Gasteiger partial charge in [0.25, 0.3) is 11.6 Å². The summed E-state index contributed by atoms with van der Waals surface area (Å²) in [6.07, 6.45) is 2.73. The molecule has 0 aliphatic carbocycles. The van der Waals surface area contributed by atoms with E-state index in [9.17, 15) is 14.9 Å². The first-order valence-electron chi connectivity index (χ1n) is 4.97. The molecule has 2 aromatic rings. The Balaban J connectivity index is 2.28. The van der Waals surface area contributed by atoms with E-state index in [1.807, 2.05) is 0 Å². The molecule has 0 radical (unpaired) electrons. The van der Waals surface area contributed by atoms with E-state index in [1.54, 1.807) is 0 Å². The van der Waals surface area contributed by atoms with E-state index in [-0.39, 0.29) is 17.2 Å². The third kappa shape index (κ3) is 3.07. The van der Waals surface area contributed by atoms with Gasteiger partial charge in [0.05, 0.1) is 22.9 Å². The number of benzene rings is 1. The van der Waals surface area contributed by atoms with Crippen molar-refractivity contribution >= 4 is 33.5 Å². The summed E-state index contributed by atoms with van der Waals surface area (Å²) >= 11 is 3.15. The van der Waals surface area contributed by atoms with Crippen LogP contribution in [0.25, 0.3) is 0 Å². The van der Waals surface area contributed by atoms with Crippen LogP contribution in [0.3, 0.4) is 0 Å². The highest BCUT2D eigenvalue weighted by molar-refractivity contribution is 9.10. The number of aromatic nitrogens is 3. The maximum absolute atomic E-state index is 11.9. The summed E-state index contributed by atoms with van der Waals surface area (Å²) in [4.78, 5) is 25.8. The largest absolute Gasteiger partial charge is 0.289 e. The Kier molecular flexibility index (Phi) is 3.76. The van der Waals surface area contributed by atoms with Crippen LogP contribution >= 0.6 is 15.9 Å². The summed E-state index contributed by atoms with van der Waals surface area (Å²) in [7, 11) is 0. The van der Waals surface area contributed by atoms with E-state index < -0.39 is 10.8 Å². The second-order valence-electron chi connectivity index (χ2n) is 3.34. The predicted molar refractivity (Wildman–Crippen MR) is 68.6 cm³/mol. The minimum Gasteiger partial charge on any atom is -0.289 e. The molecular weight excluding hydrogens is 318 g/mol. The van der Waals surface area contributed by atoms with E-state index >= 15 is 0 Å². The maximum Gasteiger partial charge on any atom is 0.270 e. The number of carbonyl (C=O) groups excluding carboxylic acids is 1. The number of nitrogens with one attached hydrogen (secondary N) is 1. The van der Waals surface area contributed by atoms with Gasteiger partial charge >= 0.3 is 0 Å². The highest BCUT2D eigenvalue weighted by Crippen LogP contribution is 2.23. The van der Waals surface area contributed by atoms with Gasteiger partial charge in [-0.05, 0) is 22.0 Å². The Bertz CT molecular complexity index is 634. The molecule has 1 heterocycles. The molecule has 1 N–H and O–H groups in total. The second-order valence-corrected chi connectivity index (χ2v) is 4.20. The topological polar surface area (TPSA) is 111 Å². The summed E-state index contributed by atoms with van der Waals surface area (Å²) < 4.78 is 0.430. The van der Waals surface area contributed by atoms with Gasteiger partial charge in [-0.1, -0.05) is 0 Å². The van der Waals surface area contributed by atoms with Crippen molar-refractivity contribution in [3.8, 4) is 0 Å². The highest BCUT2D eigenvalue weighted by atomic mass is 79.9. The Morgan fingerprint density at radius 1 is 1.37 bits per heavy atom. The zero-order chi connectivity index (χ0) is 13.8. The lowest BCUT2D eigenvalue weighted by Crippen LogP contribution is -2.15. The van der Waals surface area contributed by atoms with Gasteiger partial charge in [0.1, 0.15) is 0 Å². The van der Waals surface area contributed by atoms with Gasteiger partial charge in [0.2, 0.25) is 5.95 Å². The highest BCUT2D eigenvalue weighted by Gasteiger charge is 2.16. The molecule has 0 unspecified atom stereocenters. The molecule has 2 rings (SSSR count). The number of nitro groups is 1. The second kappa shape index (κ2) is 5.48. The van der Waals surface area contributed by atoms with E-state index in [2.05, 4.69) is 36.4 Å². The van der Waals surface area contributed by atoms with Crippen molar-refractivity contribution in [1.82, 2.24) is 15.2 Å². The SMILES string of the molecule is O=C(Nc1nccnn1)c1cc([N+](=O)[O-])ccc1Br. The lowest BCUT2D eigenvalue weighted by Gasteiger charge is -2.04. The van der Waals surface area contributed by atoms with Gasteiger partial charge < -0.3 is 0 Å². The molecule has 0 atom stereocenters. The molecule has 96 valence electrons. The third-order valence-electron chi connectivity index (χ3n) is 2.11. The van der Waals surface area contributed by atoms with Gasteiger partial charge in [-0.25, -0.2) is 4.98 Å². The van der Waals surface area contributed by atoms with Crippen LogP contribution in [0.5, 0.6) is 0 Å². The average Bonchev–Trinajstić information content (AvgIpc) is 2.40. The van der Waals surface area contributed by atoms with E-state index in [4.69, 9.17) is 0 Å². The standard InChI is InChI=1S/C10H6BrN5O3/c11-8-2-1-6(16(18)19)5-7(8)9(17)14-10-12-3-4-13-15-10/h1-5H,(H,12,14,15,17). The number of carbonyl (C=O) groups is 1. The van der Waals surface area contributed by atoms with Crippen LogP contribution in [0.15, 0.2) is 35.1 Å². The van der Waals surface area contributed by atoms with E-state index in [0.717, 1.165) is 6.07 Å². The van der Waals surface area contributed by atoms with E-state index in [1.165, 1.54) is 24.5 Å². The number of anilines is 1. The third-order valence-corrected chi connectivity index (χ3v) is 2.80. The lowest BCUT2D eigenvalue weighted by molar-refractivity contribution is -0.384. The first kappa shape index (κ1) is 13.0. The van der Waals surface area contributed by atoms with Gasteiger partial charge in [-0.2, -0.15) is 5.10 Å². The molecular formula is C10H6BrN5O3. The number of hydrogen-bond acceptors (Lipinski definition) is 6. The van der Waals surface area contributed by atoms with Crippen molar-refractivity contribution in [3.05, 3.63) is 50.7 Å². The number of halogens is 1. The molecule has 0 fully saturated rings. The maximum atomic E-state index is 11.9. The molecule has 0 aliphatic rings. The Morgan fingerprint density at radius 3 is 2.79 bits per heavy atom. The minimum absolute atomic E-state index is 0.0194. The summed E-state index contributed by atoms with van der Waals surface area (Å²) in [6.45, 7) is 0. The number of rotatable bonds is 3. The molecule has 0 saturated heterocycles. The smallest absolute Gasteiger partial charge is 0.270 e. The first-order chi connectivity index (χ1) is 9.08. The number of hydrogen-bond donors (Lipinski definition) is 1. The van der Waals surface area contributed by atoms with Gasteiger partial charge in [0, 0.05) is 16.6 Å². The van der Waals surface area contributed by atoms with E-state index in [0.29, 0.717) is 4.47 Å².